The van der Waals surface area contributed by atoms with Gasteiger partial charge in [-0.05, 0) is 49.1 Å². The van der Waals surface area contributed by atoms with E-state index in [4.69, 9.17) is 23.6 Å². The monoisotopic (exact) mass is 401 g/mol. The second-order valence-corrected chi connectivity index (χ2v) is 6.98. The lowest BCUT2D eigenvalue weighted by Gasteiger charge is -2.23. The van der Waals surface area contributed by atoms with E-state index in [-0.39, 0.29) is 6.10 Å². The Kier molecular flexibility index (Phi) is 8.25. The fraction of sp³-hybridized carbons (Fsp3) is 0.500. The molecule has 7 nitrogen and oxygen atoms in total. The minimum atomic E-state index is 0.238. The zero-order chi connectivity index (χ0) is 20.3. The van der Waals surface area contributed by atoms with Crippen LogP contribution in [0.4, 0.5) is 0 Å². The molecule has 2 aromatic rings. The largest absolute Gasteiger partial charge is 0.493 e. The number of nitrogens with one attached hydrogen (secondary N) is 2. The maximum Gasteiger partial charge on any atom is 0.191 e. The Morgan fingerprint density at radius 2 is 2.03 bits per heavy atom. The van der Waals surface area contributed by atoms with E-state index in [1.807, 2.05) is 30.3 Å². The number of nitrogens with zero attached hydrogens (tertiary/aromatic N) is 1. The first-order chi connectivity index (χ1) is 14.3. The normalized spacial score (nSPS) is 17.0. The molecule has 1 aliphatic rings. The van der Waals surface area contributed by atoms with E-state index in [1.54, 1.807) is 20.5 Å². The molecule has 2 heterocycles. The number of hydrogen-bond acceptors (Lipinski definition) is 5. The van der Waals surface area contributed by atoms with Gasteiger partial charge in [-0.3, -0.25) is 0 Å². The van der Waals surface area contributed by atoms with E-state index in [0.29, 0.717) is 18.0 Å². The van der Waals surface area contributed by atoms with Gasteiger partial charge < -0.3 is 29.3 Å². The number of furan rings is 1. The zero-order valence-electron chi connectivity index (χ0n) is 17.3. The lowest BCUT2D eigenvalue weighted by atomic mass is 10.1. The van der Waals surface area contributed by atoms with Crippen molar-refractivity contribution >= 4 is 5.96 Å². The van der Waals surface area contributed by atoms with Gasteiger partial charge in [-0.15, -0.1) is 0 Å². The molecule has 2 N–H and O–H groups in total. The van der Waals surface area contributed by atoms with Crippen LogP contribution in [0.2, 0.25) is 0 Å². The van der Waals surface area contributed by atoms with Gasteiger partial charge in [-0.25, -0.2) is 4.99 Å². The van der Waals surface area contributed by atoms with Crippen LogP contribution in [0.1, 0.15) is 30.6 Å². The van der Waals surface area contributed by atoms with Crippen molar-refractivity contribution in [2.45, 2.75) is 38.3 Å². The van der Waals surface area contributed by atoms with Crippen molar-refractivity contribution in [2.75, 3.05) is 33.9 Å². The predicted molar refractivity (Wildman–Crippen MR) is 113 cm³/mol. The fourth-order valence-electron chi connectivity index (χ4n) is 3.26. The molecule has 1 aromatic carbocycles. The van der Waals surface area contributed by atoms with Crippen LogP contribution in [0, 0.1) is 0 Å². The number of aliphatic imine (C=N–C) groups is 1. The van der Waals surface area contributed by atoms with Crippen LogP contribution in [0.15, 0.2) is 46.0 Å². The van der Waals surface area contributed by atoms with Gasteiger partial charge in [-0.2, -0.15) is 0 Å². The molecule has 0 bridgehead atoms. The first-order valence-corrected chi connectivity index (χ1v) is 10.2. The Hall–Kier alpha value is -2.67. The van der Waals surface area contributed by atoms with Gasteiger partial charge in [0.1, 0.15) is 5.76 Å². The number of rotatable bonds is 9. The highest BCUT2D eigenvalue weighted by molar-refractivity contribution is 5.79. The molecule has 7 heteroatoms. The number of hydrogen-bond donors (Lipinski definition) is 2. The summed E-state index contributed by atoms with van der Waals surface area (Å²) in [5, 5.41) is 6.80. The number of guanidine groups is 1. The lowest BCUT2D eigenvalue weighted by molar-refractivity contribution is 0.0194. The van der Waals surface area contributed by atoms with E-state index in [0.717, 1.165) is 56.2 Å². The van der Waals surface area contributed by atoms with E-state index in [1.165, 1.54) is 6.42 Å². The smallest absolute Gasteiger partial charge is 0.191 e. The van der Waals surface area contributed by atoms with Gasteiger partial charge >= 0.3 is 0 Å². The Labute approximate surface area is 172 Å². The molecule has 1 unspecified atom stereocenters. The minimum Gasteiger partial charge on any atom is -0.493 e. The summed E-state index contributed by atoms with van der Waals surface area (Å²) in [6.07, 6.45) is 6.18. The van der Waals surface area contributed by atoms with Crippen LogP contribution < -0.4 is 20.1 Å². The number of methoxy groups -OCH3 is 2. The summed E-state index contributed by atoms with van der Waals surface area (Å²) in [7, 11) is 3.27. The number of benzene rings is 1. The van der Waals surface area contributed by atoms with Crippen LogP contribution in [-0.2, 0) is 17.7 Å². The fourth-order valence-corrected chi connectivity index (χ4v) is 3.26. The summed E-state index contributed by atoms with van der Waals surface area (Å²) in [4.78, 5) is 4.74. The Morgan fingerprint density at radius 3 is 2.76 bits per heavy atom. The van der Waals surface area contributed by atoms with Gasteiger partial charge in [0.2, 0.25) is 0 Å². The van der Waals surface area contributed by atoms with Gasteiger partial charge in [0.25, 0.3) is 0 Å². The molecule has 158 valence electrons. The first kappa shape index (κ1) is 21.0. The Balaban J connectivity index is 1.60. The molecular formula is C22H31N3O4. The van der Waals surface area contributed by atoms with Crippen molar-refractivity contribution in [2.24, 2.45) is 4.99 Å². The van der Waals surface area contributed by atoms with Crippen LogP contribution in [0.3, 0.4) is 0 Å². The van der Waals surface area contributed by atoms with E-state index >= 15 is 0 Å². The summed E-state index contributed by atoms with van der Waals surface area (Å²) in [5.74, 6) is 3.13. The molecule has 1 atom stereocenters. The predicted octanol–water partition coefficient (Wildman–Crippen LogP) is 3.14. The van der Waals surface area contributed by atoms with Gasteiger partial charge in [0.15, 0.2) is 17.5 Å². The molecule has 0 aliphatic carbocycles. The molecule has 0 saturated carbocycles. The quantitative estimate of drug-likeness (QED) is 0.497. The highest BCUT2D eigenvalue weighted by Crippen LogP contribution is 2.27. The van der Waals surface area contributed by atoms with E-state index < -0.39 is 0 Å². The Morgan fingerprint density at radius 1 is 1.14 bits per heavy atom. The van der Waals surface area contributed by atoms with Gasteiger partial charge in [0, 0.05) is 26.1 Å². The molecule has 0 amide bonds. The van der Waals surface area contributed by atoms with Gasteiger partial charge in [0.05, 0.1) is 33.1 Å². The second kappa shape index (κ2) is 11.4. The van der Waals surface area contributed by atoms with E-state index in [9.17, 15) is 0 Å². The topological polar surface area (TPSA) is 77.2 Å². The molecule has 1 saturated heterocycles. The minimum absolute atomic E-state index is 0.238. The molecule has 0 radical (unpaired) electrons. The van der Waals surface area contributed by atoms with Gasteiger partial charge in [-0.1, -0.05) is 6.07 Å². The third-order valence-electron chi connectivity index (χ3n) is 4.88. The molecular weight excluding hydrogens is 370 g/mol. The molecule has 3 rings (SSSR count). The summed E-state index contributed by atoms with van der Waals surface area (Å²) >= 11 is 0. The molecule has 29 heavy (non-hydrogen) atoms. The third kappa shape index (κ3) is 6.71. The van der Waals surface area contributed by atoms with Crippen LogP contribution >= 0.6 is 0 Å². The zero-order valence-corrected chi connectivity index (χ0v) is 17.3. The molecule has 1 aliphatic heterocycles. The summed E-state index contributed by atoms with van der Waals surface area (Å²) < 4.78 is 21.9. The van der Waals surface area contributed by atoms with Crippen molar-refractivity contribution in [3.8, 4) is 11.5 Å². The SMILES string of the molecule is COc1ccc(CN=C(NCCc2ccco2)NCC2CCCCO2)cc1OC. The van der Waals surface area contributed by atoms with Crippen LogP contribution in [0.5, 0.6) is 11.5 Å². The average molecular weight is 402 g/mol. The van der Waals surface area contributed by atoms with Crippen molar-refractivity contribution in [3.05, 3.63) is 47.9 Å². The highest BCUT2D eigenvalue weighted by Gasteiger charge is 2.14. The molecule has 0 spiro atoms. The van der Waals surface area contributed by atoms with E-state index in [2.05, 4.69) is 10.6 Å². The highest BCUT2D eigenvalue weighted by atomic mass is 16.5. The van der Waals surface area contributed by atoms with Crippen molar-refractivity contribution in [3.63, 3.8) is 0 Å². The molecule has 1 aromatic heterocycles. The lowest BCUT2D eigenvalue weighted by Crippen LogP contribution is -2.43. The summed E-state index contributed by atoms with van der Waals surface area (Å²) in [6.45, 7) is 2.85. The van der Waals surface area contributed by atoms with Crippen molar-refractivity contribution < 1.29 is 18.6 Å². The molecule has 1 fully saturated rings. The average Bonchev–Trinajstić information content (AvgIpc) is 3.29. The maximum atomic E-state index is 5.82. The van der Waals surface area contributed by atoms with Crippen LogP contribution in [-0.4, -0.2) is 46.0 Å². The van der Waals surface area contributed by atoms with Crippen molar-refractivity contribution in [1.29, 1.82) is 0 Å². The summed E-state index contributed by atoms with van der Waals surface area (Å²) in [5.41, 5.74) is 1.05. The summed E-state index contributed by atoms with van der Waals surface area (Å²) in [6, 6.07) is 9.73. The third-order valence-corrected chi connectivity index (χ3v) is 4.88. The van der Waals surface area contributed by atoms with Crippen molar-refractivity contribution in [1.82, 2.24) is 10.6 Å². The maximum absolute atomic E-state index is 5.82. The second-order valence-electron chi connectivity index (χ2n) is 6.98. The first-order valence-electron chi connectivity index (χ1n) is 10.2. The standard InChI is InChI=1S/C22H31N3O4/c1-26-20-9-8-17(14-21(20)27-2)15-24-22(23-11-10-18-7-5-13-28-18)25-16-19-6-3-4-12-29-19/h5,7-9,13-14,19H,3-4,6,10-12,15-16H2,1-2H3,(H2,23,24,25). The van der Waals surface area contributed by atoms with Crippen LogP contribution in [0.25, 0.3) is 0 Å². The number of ether oxygens (including phenoxy) is 3. The Bertz CT molecular complexity index is 755.